The second-order valence-electron chi connectivity index (χ2n) is 5.38. The first-order chi connectivity index (χ1) is 10.3. The van der Waals surface area contributed by atoms with Crippen LogP contribution in [0.3, 0.4) is 0 Å². The van der Waals surface area contributed by atoms with Crippen molar-refractivity contribution < 1.29 is 13.2 Å². The van der Waals surface area contributed by atoms with Gasteiger partial charge in [0.2, 0.25) is 0 Å². The zero-order valence-electron chi connectivity index (χ0n) is 12.2. The first-order valence-corrected chi connectivity index (χ1v) is 6.73. The van der Waals surface area contributed by atoms with Crippen LogP contribution < -0.4 is 0 Å². The molecule has 0 atom stereocenters. The van der Waals surface area contributed by atoms with E-state index in [1.807, 2.05) is 13.8 Å². The van der Waals surface area contributed by atoms with Crippen LogP contribution in [0.25, 0.3) is 22.6 Å². The molecule has 0 radical (unpaired) electrons. The van der Waals surface area contributed by atoms with Crippen molar-refractivity contribution in [2.24, 2.45) is 7.05 Å². The van der Waals surface area contributed by atoms with Crippen molar-refractivity contribution in [2.45, 2.75) is 25.9 Å². The summed E-state index contributed by atoms with van der Waals surface area (Å²) < 4.78 is 39.3. The SMILES string of the molecule is CC(C)c1nn(C)c2nc(-c3ccc(C(F)(F)F)nc3)[nH]c12. The number of rotatable bonds is 2. The lowest BCUT2D eigenvalue weighted by molar-refractivity contribution is -0.141. The van der Waals surface area contributed by atoms with E-state index in [2.05, 4.69) is 20.1 Å². The molecule has 0 aromatic carbocycles. The van der Waals surface area contributed by atoms with Gasteiger partial charge in [-0.15, -0.1) is 0 Å². The van der Waals surface area contributed by atoms with Crippen LogP contribution in [0.5, 0.6) is 0 Å². The highest BCUT2D eigenvalue weighted by Gasteiger charge is 2.32. The lowest BCUT2D eigenvalue weighted by Gasteiger charge is -2.05. The van der Waals surface area contributed by atoms with Crippen LogP contribution in [-0.2, 0) is 13.2 Å². The Bertz CT molecular complexity index is 811. The molecule has 5 nitrogen and oxygen atoms in total. The largest absolute Gasteiger partial charge is 0.433 e. The standard InChI is InChI=1S/C14H14F3N5/c1-7(2)10-11-13(22(3)21-10)20-12(19-11)8-4-5-9(18-6-8)14(15,16)17/h4-7H,1-3H3,(H,19,20). The number of imidazole rings is 1. The number of hydrogen-bond acceptors (Lipinski definition) is 3. The molecule has 3 rings (SSSR count). The van der Waals surface area contributed by atoms with E-state index in [1.165, 1.54) is 12.3 Å². The Morgan fingerprint density at radius 2 is 1.95 bits per heavy atom. The Kier molecular flexibility index (Phi) is 3.19. The number of alkyl halides is 3. The molecule has 0 aliphatic rings. The van der Waals surface area contributed by atoms with Crippen molar-refractivity contribution in [2.75, 3.05) is 0 Å². The Morgan fingerprint density at radius 3 is 2.50 bits per heavy atom. The lowest BCUT2D eigenvalue weighted by Crippen LogP contribution is -2.07. The molecule has 0 unspecified atom stereocenters. The molecular weight excluding hydrogens is 295 g/mol. The van der Waals surface area contributed by atoms with Crippen LogP contribution in [0.4, 0.5) is 13.2 Å². The van der Waals surface area contributed by atoms with Gasteiger partial charge in [0, 0.05) is 18.8 Å². The van der Waals surface area contributed by atoms with Gasteiger partial charge in [0.15, 0.2) is 5.65 Å². The maximum Gasteiger partial charge on any atom is 0.433 e. The number of H-pyrrole nitrogens is 1. The summed E-state index contributed by atoms with van der Waals surface area (Å²) in [5.74, 6) is 0.689. The highest BCUT2D eigenvalue weighted by Crippen LogP contribution is 2.29. The summed E-state index contributed by atoms with van der Waals surface area (Å²) in [5.41, 5.74) is 1.91. The molecule has 0 aliphatic carbocycles. The van der Waals surface area contributed by atoms with Gasteiger partial charge in [0.25, 0.3) is 0 Å². The summed E-state index contributed by atoms with van der Waals surface area (Å²) in [7, 11) is 1.78. The van der Waals surface area contributed by atoms with Gasteiger partial charge < -0.3 is 4.98 Å². The third-order valence-electron chi connectivity index (χ3n) is 3.38. The van der Waals surface area contributed by atoms with Gasteiger partial charge in [-0.25, -0.2) is 9.67 Å². The number of aryl methyl sites for hydroxylation is 1. The zero-order chi connectivity index (χ0) is 16.1. The maximum atomic E-state index is 12.5. The minimum Gasteiger partial charge on any atom is -0.335 e. The molecule has 0 spiro atoms. The summed E-state index contributed by atoms with van der Waals surface area (Å²) in [5, 5.41) is 4.39. The fraction of sp³-hybridized carbons (Fsp3) is 0.357. The highest BCUT2D eigenvalue weighted by molar-refractivity contribution is 5.79. The average Bonchev–Trinajstić information content (AvgIpc) is 2.99. The number of hydrogen-bond donors (Lipinski definition) is 1. The first-order valence-electron chi connectivity index (χ1n) is 6.73. The molecule has 116 valence electrons. The fourth-order valence-electron chi connectivity index (χ4n) is 2.28. The van der Waals surface area contributed by atoms with E-state index in [9.17, 15) is 13.2 Å². The Hall–Kier alpha value is -2.38. The predicted octanol–water partition coefficient (Wildman–Crippen LogP) is 3.50. The molecular formula is C14H14F3N5. The van der Waals surface area contributed by atoms with E-state index in [1.54, 1.807) is 11.7 Å². The van der Waals surface area contributed by atoms with Crippen molar-refractivity contribution in [1.82, 2.24) is 24.7 Å². The van der Waals surface area contributed by atoms with Gasteiger partial charge in [-0.2, -0.15) is 18.3 Å². The van der Waals surface area contributed by atoms with Gasteiger partial charge in [-0.05, 0) is 18.1 Å². The Morgan fingerprint density at radius 1 is 1.23 bits per heavy atom. The normalized spacial score (nSPS) is 12.5. The minimum atomic E-state index is -4.44. The quantitative estimate of drug-likeness (QED) is 0.788. The maximum absolute atomic E-state index is 12.5. The van der Waals surface area contributed by atoms with E-state index in [0.29, 0.717) is 17.0 Å². The smallest absolute Gasteiger partial charge is 0.335 e. The molecule has 8 heteroatoms. The Balaban J connectivity index is 2.05. The average molecular weight is 309 g/mol. The van der Waals surface area contributed by atoms with Crippen molar-refractivity contribution in [1.29, 1.82) is 0 Å². The summed E-state index contributed by atoms with van der Waals surface area (Å²) in [4.78, 5) is 11.0. The summed E-state index contributed by atoms with van der Waals surface area (Å²) >= 11 is 0. The van der Waals surface area contributed by atoms with Gasteiger partial charge >= 0.3 is 6.18 Å². The van der Waals surface area contributed by atoms with Crippen LogP contribution in [0, 0.1) is 0 Å². The predicted molar refractivity (Wildman–Crippen MR) is 75.2 cm³/mol. The number of aromatic amines is 1. The molecule has 0 fully saturated rings. The van der Waals surface area contributed by atoms with Gasteiger partial charge in [-0.1, -0.05) is 13.8 Å². The molecule has 0 aliphatic heterocycles. The van der Waals surface area contributed by atoms with E-state index >= 15 is 0 Å². The number of aromatic nitrogens is 5. The van der Waals surface area contributed by atoms with Gasteiger partial charge in [-0.3, -0.25) is 4.98 Å². The van der Waals surface area contributed by atoms with Crippen molar-refractivity contribution in [3.8, 4) is 11.4 Å². The summed E-state index contributed by atoms with van der Waals surface area (Å²) in [6.07, 6.45) is -3.27. The van der Waals surface area contributed by atoms with Crippen molar-refractivity contribution >= 4 is 11.2 Å². The molecule has 22 heavy (non-hydrogen) atoms. The van der Waals surface area contributed by atoms with Crippen LogP contribution in [0.15, 0.2) is 18.3 Å². The van der Waals surface area contributed by atoms with Gasteiger partial charge in [0.05, 0.1) is 5.69 Å². The molecule has 0 saturated heterocycles. The molecule has 1 N–H and O–H groups in total. The van der Waals surface area contributed by atoms with E-state index in [4.69, 9.17) is 0 Å². The highest BCUT2D eigenvalue weighted by atomic mass is 19.4. The Labute approximate surface area is 124 Å². The molecule has 3 heterocycles. The van der Waals surface area contributed by atoms with Gasteiger partial charge in [0.1, 0.15) is 17.0 Å². The van der Waals surface area contributed by atoms with E-state index in [-0.39, 0.29) is 5.92 Å². The van der Waals surface area contributed by atoms with E-state index in [0.717, 1.165) is 17.3 Å². The second kappa shape index (κ2) is 4.82. The molecule has 0 bridgehead atoms. The van der Waals surface area contributed by atoms with Crippen molar-refractivity contribution in [3.05, 3.63) is 29.7 Å². The second-order valence-corrected chi connectivity index (χ2v) is 5.38. The van der Waals surface area contributed by atoms with Crippen LogP contribution in [0.1, 0.15) is 31.2 Å². The number of fused-ring (bicyclic) bond motifs is 1. The van der Waals surface area contributed by atoms with Crippen molar-refractivity contribution in [3.63, 3.8) is 0 Å². The lowest BCUT2D eigenvalue weighted by atomic mass is 10.1. The summed E-state index contributed by atoms with van der Waals surface area (Å²) in [6, 6.07) is 2.31. The summed E-state index contributed by atoms with van der Waals surface area (Å²) in [6.45, 7) is 4.03. The number of halogens is 3. The zero-order valence-corrected chi connectivity index (χ0v) is 12.2. The number of pyridine rings is 1. The fourth-order valence-corrected chi connectivity index (χ4v) is 2.28. The van der Waals surface area contributed by atoms with E-state index < -0.39 is 11.9 Å². The van der Waals surface area contributed by atoms with Crippen LogP contribution >= 0.6 is 0 Å². The molecule has 3 aromatic rings. The molecule has 0 saturated carbocycles. The third kappa shape index (κ3) is 2.34. The molecule has 3 aromatic heterocycles. The van der Waals surface area contributed by atoms with Crippen LogP contribution in [0.2, 0.25) is 0 Å². The topological polar surface area (TPSA) is 59.4 Å². The third-order valence-corrected chi connectivity index (χ3v) is 3.38. The number of nitrogens with one attached hydrogen (secondary N) is 1. The monoisotopic (exact) mass is 309 g/mol. The molecule has 0 amide bonds. The first kappa shape index (κ1) is 14.6. The number of nitrogens with zero attached hydrogens (tertiary/aromatic N) is 4. The van der Waals surface area contributed by atoms with Crippen LogP contribution in [-0.4, -0.2) is 24.7 Å². The minimum absolute atomic E-state index is 0.211.